The van der Waals surface area contributed by atoms with Crippen LogP contribution in [0.2, 0.25) is 0 Å². The molecule has 2 aromatic carbocycles. The summed E-state index contributed by atoms with van der Waals surface area (Å²) >= 11 is 0. The molecule has 0 saturated carbocycles. The molecule has 0 radical (unpaired) electrons. The summed E-state index contributed by atoms with van der Waals surface area (Å²) in [6.45, 7) is 1.97. The van der Waals surface area contributed by atoms with Gasteiger partial charge < -0.3 is 14.7 Å². The minimum Gasteiger partial charge on any atom is -0.462 e. The van der Waals surface area contributed by atoms with E-state index in [1.807, 2.05) is 60.7 Å². The topological polar surface area (TPSA) is 49.8 Å². The molecule has 0 atom stereocenters. The largest absolute Gasteiger partial charge is 0.462 e. The molecule has 0 amide bonds. The lowest BCUT2D eigenvalue weighted by Crippen LogP contribution is -2.36. The average molecular weight is 341 g/mol. The second-order valence-corrected chi connectivity index (χ2v) is 6.19. The number of hydrogen-bond acceptors (Lipinski definition) is 4. The molecule has 2 aromatic rings. The summed E-state index contributed by atoms with van der Waals surface area (Å²) in [7, 11) is 3.11. The van der Waals surface area contributed by atoms with Crippen LogP contribution in [0.3, 0.4) is 0 Å². The van der Waals surface area contributed by atoms with Crippen LogP contribution in [-0.2, 0) is 9.53 Å². The molecule has 4 heteroatoms. The number of nitrogens with zero attached hydrogens (tertiary/aromatic N) is 1. The van der Waals surface area contributed by atoms with Crippen LogP contribution in [0.1, 0.15) is 29.9 Å². The van der Waals surface area contributed by atoms with Gasteiger partial charge in [-0.2, -0.15) is 0 Å². The van der Waals surface area contributed by atoms with Gasteiger partial charge >= 0.3 is 5.97 Å². The molecule has 1 N–H and O–H groups in total. The average Bonchev–Trinajstić information content (AvgIpc) is 2.67. The standard InChI is InChI=1S/C20H23NO2.CH4O/c1-21-14-12-18(13-15-21)23-20(22)19(16-8-4-2-5-9-16)17-10-6-3-7-11-17;1-2/h2-11,18-19H,12-15H2,1H3;2H,1H3. The Kier molecular flexibility index (Phi) is 7.64. The van der Waals surface area contributed by atoms with Crippen molar-refractivity contribution in [1.29, 1.82) is 0 Å². The van der Waals surface area contributed by atoms with Crippen molar-refractivity contribution in [3.63, 3.8) is 0 Å². The van der Waals surface area contributed by atoms with E-state index in [2.05, 4.69) is 11.9 Å². The van der Waals surface area contributed by atoms with E-state index >= 15 is 0 Å². The summed E-state index contributed by atoms with van der Waals surface area (Å²) in [5.41, 5.74) is 1.97. The van der Waals surface area contributed by atoms with E-state index in [9.17, 15) is 4.79 Å². The van der Waals surface area contributed by atoms with Crippen molar-refractivity contribution in [3.05, 3.63) is 71.8 Å². The van der Waals surface area contributed by atoms with Gasteiger partial charge in [0.15, 0.2) is 0 Å². The first kappa shape index (κ1) is 19.2. The number of carbonyl (C=O) groups excluding carboxylic acids is 1. The van der Waals surface area contributed by atoms with E-state index in [4.69, 9.17) is 9.84 Å². The van der Waals surface area contributed by atoms with Crippen molar-refractivity contribution in [2.45, 2.75) is 24.9 Å². The monoisotopic (exact) mass is 341 g/mol. The fraction of sp³-hybridized carbons (Fsp3) is 0.381. The van der Waals surface area contributed by atoms with E-state index < -0.39 is 0 Å². The molecule has 0 spiro atoms. The maximum Gasteiger partial charge on any atom is 0.318 e. The zero-order valence-corrected chi connectivity index (χ0v) is 15.0. The lowest BCUT2D eigenvalue weighted by Gasteiger charge is -2.30. The predicted octanol–water partition coefficient (Wildman–Crippen LogP) is 3.06. The number of aliphatic hydroxyl groups is 1. The molecule has 25 heavy (non-hydrogen) atoms. The lowest BCUT2D eigenvalue weighted by atomic mass is 9.91. The van der Waals surface area contributed by atoms with E-state index in [0.717, 1.165) is 44.2 Å². The van der Waals surface area contributed by atoms with Crippen molar-refractivity contribution in [2.24, 2.45) is 0 Å². The molecule has 3 rings (SSSR count). The van der Waals surface area contributed by atoms with Crippen molar-refractivity contribution in [2.75, 3.05) is 27.2 Å². The van der Waals surface area contributed by atoms with Crippen LogP contribution >= 0.6 is 0 Å². The Hall–Kier alpha value is -2.17. The van der Waals surface area contributed by atoms with Gasteiger partial charge in [-0.05, 0) is 31.0 Å². The van der Waals surface area contributed by atoms with Crippen LogP contribution in [0.5, 0.6) is 0 Å². The molecule has 0 bridgehead atoms. The number of esters is 1. The maximum absolute atomic E-state index is 12.9. The minimum absolute atomic E-state index is 0.0358. The molecule has 4 nitrogen and oxygen atoms in total. The van der Waals surface area contributed by atoms with Gasteiger partial charge in [0, 0.05) is 20.2 Å². The third-order valence-electron chi connectivity index (χ3n) is 4.45. The molecular weight excluding hydrogens is 314 g/mol. The Morgan fingerprint density at radius 2 is 1.40 bits per heavy atom. The molecule has 1 aliphatic rings. The first-order valence-electron chi connectivity index (χ1n) is 8.67. The van der Waals surface area contributed by atoms with Crippen LogP contribution in [0, 0.1) is 0 Å². The lowest BCUT2D eigenvalue weighted by molar-refractivity contribution is -0.151. The fourth-order valence-electron chi connectivity index (χ4n) is 3.09. The SMILES string of the molecule is CN1CCC(OC(=O)C(c2ccccc2)c2ccccc2)CC1.CO. The van der Waals surface area contributed by atoms with E-state index in [-0.39, 0.29) is 18.0 Å². The zero-order chi connectivity index (χ0) is 18.1. The zero-order valence-electron chi connectivity index (χ0n) is 15.0. The fourth-order valence-corrected chi connectivity index (χ4v) is 3.09. The highest BCUT2D eigenvalue weighted by Gasteiger charge is 2.28. The van der Waals surface area contributed by atoms with Crippen molar-refractivity contribution in [1.82, 2.24) is 4.90 Å². The van der Waals surface area contributed by atoms with Crippen molar-refractivity contribution in [3.8, 4) is 0 Å². The van der Waals surface area contributed by atoms with Gasteiger partial charge in [0.1, 0.15) is 12.0 Å². The number of rotatable bonds is 4. The number of ether oxygens (including phenoxy) is 1. The number of hydrogen-bond donors (Lipinski definition) is 1. The van der Waals surface area contributed by atoms with E-state index in [0.29, 0.717) is 0 Å². The van der Waals surface area contributed by atoms with Gasteiger partial charge in [-0.15, -0.1) is 0 Å². The Morgan fingerprint density at radius 1 is 0.960 bits per heavy atom. The summed E-state index contributed by atoms with van der Waals surface area (Å²) in [6.07, 6.45) is 1.87. The quantitative estimate of drug-likeness (QED) is 0.869. The highest BCUT2D eigenvalue weighted by atomic mass is 16.5. The van der Waals surface area contributed by atoms with Gasteiger partial charge in [-0.3, -0.25) is 4.79 Å². The third-order valence-corrected chi connectivity index (χ3v) is 4.45. The Bertz CT molecular complexity index is 583. The summed E-state index contributed by atoms with van der Waals surface area (Å²) < 4.78 is 5.85. The second-order valence-electron chi connectivity index (χ2n) is 6.19. The smallest absolute Gasteiger partial charge is 0.318 e. The molecule has 134 valence electrons. The first-order valence-corrected chi connectivity index (χ1v) is 8.67. The number of benzene rings is 2. The molecule has 1 heterocycles. The molecule has 1 aliphatic heterocycles. The molecule has 0 unspecified atom stereocenters. The molecule has 0 aromatic heterocycles. The number of carbonyl (C=O) groups is 1. The van der Waals surface area contributed by atoms with Crippen LogP contribution in [0.4, 0.5) is 0 Å². The summed E-state index contributed by atoms with van der Waals surface area (Å²) in [5, 5.41) is 7.00. The van der Waals surface area contributed by atoms with Crippen LogP contribution in [0.15, 0.2) is 60.7 Å². The molecule has 1 fully saturated rings. The first-order chi connectivity index (χ1) is 12.2. The summed E-state index contributed by atoms with van der Waals surface area (Å²) in [4.78, 5) is 15.1. The second kappa shape index (κ2) is 9.97. The maximum atomic E-state index is 12.9. The van der Waals surface area contributed by atoms with Gasteiger partial charge in [-0.25, -0.2) is 0 Å². The highest BCUT2D eigenvalue weighted by Crippen LogP contribution is 2.27. The third kappa shape index (κ3) is 5.41. The Morgan fingerprint density at radius 3 is 1.84 bits per heavy atom. The summed E-state index contributed by atoms with van der Waals surface area (Å²) in [5.74, 6) is -0.492. The Balaban J connectivity index is 0.00000109. The van der Waals surface area contributed by atoms with Gasteiger partial charge in [0.2, 0.25) is 0 Å². The number of piperidine rings is 1. The number of aliphatic hydroxyl groups excluding tert-OH is 1. The van der Waals surface area contributed by atoms with Crippen LogP contribution < -0.4 is 0 Å². The Labute approximate surface area is 150 Å². The van der Waals surface area contributed by atoms with E-state index in [1.165, 1.54) is 0 Å². The minimum atomic E-state index is -0.350. The molecule has 1 saturated heterocycles. The molecular formula is C21H27NO3. The van der Waals surface area contributed by atoms with Gasteiger partial charge in [-0.1, -0.05) is 60.7 Å². The van der Waals surface area contributed by atoms with Gasteiger partial charge in [0.05, 0.1) is 0 Å². The van der Waals surface area contributed by atoms with E-state index in [1.54, 1.807) is 0 Å². The van der Waals surface area contributed by atoms with Gasteiger partial charge in [0.25, 0.3) is 0 Å². The normalized spacial score (nSPS) is 15.4. The highest BCUT2D eigenvalue weighted by molar-refractivity contribution is 5.82. The predicted molar refractivity (Wildman–Crippen MR) is 99.5 cm³/mol. The van der Waals surface area contributed by atoms with Crippen LogP contribution in [-0.4, -0.2) is 49.3 Å². The summed E-state index contributed by atoms with van der Waals surface area (Å²) in [6, 6.07) is 19.8. The number of likely N-dealkylation sites (tertiary alicyclic amines) is 1. The van der Waals surface area contributed by atoms with Crippen LogP contribution in [0.25, 0.3) is 0 Å². The van der Waals surface area contributed by atoms with Crippen molar-refractivity contribution >= 4 is 5.97 Å². The van der Waals surface area contributed by atoms with Crippen molar-refractivity contribution < 1.29 is 14.6 Å². The molecule has 0 aliphatic carbocycles.